The van der Waals surface area contributed by atoms with Gasteiger partial charge in [-0.15, -0.1) is 11.8 Å². The van der Waals surface area contributed by atoms with Crippen LogP contribution in [0.1, 0.15) is 41.4 Å². The largest absolute Gasteiger partial charge is 0.454 e. The zero-order valence-electron chi connectivity index (χ0n) is 30.8. The van der Waals surface area contributed by atoms with Crippen LogP contribution in [0, 0.1) is 0 Å². The van der Waals surface area contributed by atoms with Crippen LogP contribution in [0.15, 0.2) is 191 Å². The van der Waals surface area contributed by atoms with Crippen LogP contribution in [-0.4, -0.2) is 11.3 Å². The summed E-state index contributed by atoms with van der Waals surface area (Å²) in [7, 11) is 0. The van der Waals surface area contributed by atoms with Crippen molar-refractivity contribution in [1.29, 1.82) is 0 Å². The molecule has 56 heavy (non-hydrogen) atoms. The summed E-state index contributed by atoms with van der Waals surface area (Å²) >= 11 is 1.98. The molecule has 6 aromatic carbocycles. The molecule has 3 heterocycles. The summed E-state index contributed by atoms with van der Waals surface area (Å²) in [5, 5.41) is 5.21. The van der Waals surface area contributed by atoms with Crippen LogP contribution in [-0.2, 0) is 0 Å². The van der Waals surface area contributed by atoms with Crippen molar-refractivity contribution in [3.05, 3.63) is 209 Å². The zero-order valence-corrected chi connectivity index (χ0v) is 31.6. The Bertz CT molecular complexity index is 3000. The number of allylic oxidation sites excluding steroid dienone is 4. The van der Waals surface area contributed by atoms with Crippen molar-refractivity contribution in [2.24, 2.45) is 0 Å². The Morgan fingerprint density at radius 1 is 0.679 bits per heavy atom. The highest BCUT2D eigenvalue weighted by Gasteiger charge is 2.38. The predicted molar refractivity (Wildman–Crippen MR) is 234 cm³/mol. The molecule has 12 rings (SSSR count). The van der Waals surface area contributed by atoms with Gasteiger partial charge in [0.15, 0.2) is 5.42 Å². The Labute approximate surface area is 330 Å². The molecule has 1 aromatic heterocycles. The van der Waals surface area contributed by atoms with E-state index in [0.29, 0.717) is 17.1 Å². The highest BCUT2D eigenvalue weighted by Crippen LogP contribution is 2.51. The maximum atomic E-state index is 6.71. The average Bonchev–Trinajstić information content (AvgIpc) is 3.93. The summed E-state index contributed by atoms with van der Waals surface area (Å²) in [6.45, 7) is 0. The Kier molecular flexibility index (Phi) is 7.25. The number of furan rings is 1. The van der Waals surface area contributed by atoms with Crippen molar-refractivity contribution >= 4 is 67.9 Å². The lowest BCUT2D eigenvalue weighted by Gasteiger charge is -2.32. The number of hydrogen-bond donors (Lipinski definition) is 0. The smallest absolute Gasteiger partial charge is 0.154 e. The molecule has 0 radical (unpaired) electrons. The van der Waals surface area contributed by atoms with Gasteiger partial charge in [-0.05, 0) is 107 Å². The molecule has 5 aliphatic rings. The maximum absolute atomic E-state index is 6.71. The molecule has 4 heteroatoms. The fraction of sp³-hybridized carbons (Fsp3) is 0.115. The lowest BCUT2D eigenvalue weighted by molar-refractivity contribution is 0.565. The minimum atomic E-state index is 0.219. The van der Waals surface area contributed by atoms with Crippen LogP contribution in [0.3, 0.4) is 0 Å². The van der Waals surface area contributed by atoms with E-state index in [1.54, 1.807) is 0 Å². The fourth-order valence-electron chi connectivity index (χ4n) is 9.79. The molecule has 2 aliphatic heterocycles. The number of benzene rings is 6. The van der Waals surface area contributed by atoms with Crippen LogP contribution < -0.4 is 20.4 Å². The van der Waals surface area contributed by atoms with Gasteiger partial charge in [0.1, 0.15) is 5.58 Å². The Morgan fingerprint density at radius 3 is 2.41 bits per heavy atom. The van der Waals surface area contributed by atoms with E-state index in [1.165, 1.54) is 71.3 Å². The summed E-state index contributed by atoms with van der Waals surface area (Å²) in [6.07, 6.45) is 18.7. The molecule has 0 N–H and O–H groups in total. The van der Waals surface area contributed by atoms with Gasteiger partial charge in [0, 0.05) is 55.3 Å². The molecule has 3 nitrogen and oxygen atoms in total. The minimum absolute atomic E-state index is 0.219. The number of nitrogens with zero attached hydrogens (tertiary/aromatic N) is 2. The molecular weight excluding hydrogens is 701 g/mol. The van der Waals surface area contributed by atoms with Gasteiger partial charge in [-0.3, -0.25) is 0 Å². The summed E-state index contributed by atoms with van der Waals surface area (Å²) in [4.78, 5) is 6.39. The first-order valence-corrected chi connectivity index (χ1v) is 20.7. The molecule has 268 valence electrons. The van der Waals surface area contributed by atoms with Gasteiger partial charge in [-0.25, -0.2) is 0 Å². The van der Waals surface area contributed by atoms with E-state index in [4.69, 9.17) is 4.42 Å². The monoisotopic (exact) mass is 738 g/mol. The molecule has 0 amide bonds. The maximum Gasteiger partial charge on any atom is 0.154 e. The first-order chi connectivity index (χ1) is 27.7. The third kappa shape index (κ3) is 4.99. The average molecular weight is 739 g/mol. The topological polar surface area (TPSA) is 19.6 Å². The third-order valence-electron chi connectivity index (χ3n) is 12.4. The molecule has 0 spiro atoms. The van der Waals surface area contributed by atoms with E-state index < -0.39 is 0 Å². The summed E-state index contributed by atoms with van der Waals surface area (Å²) in [6, 6.07) is 51.2. The normalized spacial score (nSPS) is 21.5. The lowest BCUT2D eigenvalue weighted by Crippen LogP contribution is -2.35. The van der Waals surface area contributed by atoms with Gasteiger partial charge in [0.05, 0.1) is 11.7 Å². The first kappa shape index (κ1) is 32.1. The number of anilines is 3. The second-order valence-electron chi connectivity index (χ2n) is 15.5. The van der Waals surface area contributed by atoms with Gasteiger partial charge in [-0.1, -0.05) is 121 Å². The molecule has 7 aromatic rings. The molecule has 4 atom stereocenters. The SMILES string of the molecule is C1=CC2c3ccccc3N(c3ccccc3)C2C=C1c1ccc2cc(N(C3=CC4Sc5ccccc5C4C=C3)C3=c4oc5ccccc5c4=CCC3)ccc2c1. The Balaban J connectivity index is 0.948. The minimum Gasteiger partial charge on any atom is -0.454 e. The number of hydrogen-bond acceptors (Lipinski definition) is 4. The standard InChI is InChI=1S/C52H38N2OS/c1-2-11-37(12-3-1)54-46-17-7-4-13-40(46)41-27-24-36(31-48(41)54)33-21-22-35-30-38(25-23-34(35)29-33)53(39-26-28-44-43-15-6-9-20-50(43)56-51(44)32-39)47-18-10-16-45-42-14-5-8-19-49(42)55-52(45)47/h1-9,11-17,19-32,41,44,48,51H,10,18H2. The summed E-state index contributed by atoms with van der Waals surface area (Å²) in [5.74, 6) is 0.710. The van der Waals surface area contributed by atoms with E-state index >= 15 is 0 Å². The Hall–Kier alpha value is -6.23. The molecule has 4 unspecified atom stereocenters. The van der Waals surface area contributed by atoms with Crippen molar-refractivity contribution in [3.8, 4) is 0 Å². The van der Waals surface area contributed by atoms with Crippen LogP contribution in [0.25, 0.3) is 39.1 Å². The van der Waals surface area contributed by atoms with Gasteiger partial charge >= 0.3 is 0 Å². The van der Waals surface area contributed by atoms with Crippen LogP contribution in [0.5, 0.6) is 0 Å². The van der Waals surface area contributed by atoms with E-state index in [1.807, 2.05) is 11.8 Å². The quantitative estimate of drug-likeness (QED) is 0.175. The van der Waals surface area contributed by atoms with Crippen molar-refractivity contribution in [2.75, 3.05) is 9.80 Å². The van der Waals surface area contributed by atoms with Gasteiger partial charge in [0.25, 0.3) is 0 Å². The highest BCUT2D eigenvalue weighted by atomic mass is 32.2. The van der Waals surface area contributed by atoms with E-state index in [-0.39, 0.29) is 6.04 Å². The number of fused-ring (bicyclic) bond motifs is 10. The molecule has 0 fully saturated rings. The van der Waals surface area contributed by atoms with Gasteiger partial charge < -0.3 is 14.2 Å². The molecular formula is C52H38N2OS. The van der Waals surface area contributed by atoms with Crippen LogP contribution >= 0.6 is 11.8 Å². The predicted octanol–water partition coefficient (Wildman–Crippen LogP) is 11.7. The summed E-state index contributed by atoms with van der Waals surface area (Å²) < 4.78 is 6.71. The number of thioether (sulfide) groups is 1. The van der Waals surface area contributed by atoms with Gasteiger partial charge in [0.2, 0.25) is 0 Å². The molecule has 3 aliphatic carbocycles. The van der Waals surface area contributed by atoms with Crippen LogP contribution in [0.2, 0.25) is 0 Å². The van der Waals surface area contributed by atoms with E-state index in [2.05, 4.69) is 192 Å². The van der Waals surface area contributed by atoms with Crippen molar-refractivity contribution in [2.45, 2.75) is 40.9 Å². The third-order valence-corrected chi connectivity index (χ3v) is 13.7. The summed E-state index contributed by atoms with van der Waals surface area (Å²) in [5.41, 5.74) is 13.4. The second-order valence-corrected chi connectivity index (χ2v) is 16.7. The zero-order chi connectivity index (χ0) is 36.7. The molecule has 0 bridgehead atoms. The van der Waals surface area contributed by atoms with Crippen LogP contribution in [0.4, 0.5) is 17.1 Å². The lowest BCUT2D eigenvalue weighted by atomic mass is 9.86. The van der Waals surface area contributed by atoms with Crippen molar-refractivity contribution in [1.82, 2.24) is 0 Å². The first-order valence-electron chi connectivity index (χ1n) is 19.8. The van der Waals surface area contributed by atoms with E-state index in [0.717, 1.165) is 29.5 Å². The van der Waals surface area contributed by atoms with Crippen molar-refractivity contribution in [3.63, 3.8) is 0 Å². The molecule has 0 saturated heterocycles. The molecule has 0 saturated carbocycles. The Morgan fingerprint density at radius 2 is 1.46 bits per heavy atom. The van der Waals surface area contributed by atoms with Gasteiger partial charge in [-0.2, -0.15) is 0 Å². The van der Waals surface area contributed by atoms with Crippen molar-refractivity contribution < 1.29 is 4.42 Å². The fourth-order valence-corrected chi connectivity index (χ4v) is 11.2. The second kappa shape index (κ2) is 12.7. The van der Waals surface area contributed by atoms with E-state index in [9.17, 15) is 0 Å². The number of para-hydroxylation sites is 3. The number of rotatable bonds is 5. The highest BCUT2D eigenvalue weighted by molar-refractivity contribution is 8.00.